The Hall–Kier alpha value is -1.87. The van der Waals surface area contributed by atoms with Crippen molar-refractivity contribution in [3.05, 3.63) is 78.5 Å². The predicted molar refractivity (Wildman–Crippen MR) is 99.0 cm³/mol. The van der Waals surface area contributed by atoms with Crippen molar-refractivity contribution in [1.82, 2.24) is 4.98 Å². The van der Waals surface area contributed by atoms with E-state index >= 15 is 0 Å². The molecule has 1 unspecified atom stereocenters. The number of allylic oxidation sites excluding steroid dienone is 1. The first-order valence-electron chi connectivity index (χ1n) is 7.84. The van der Waals surface area contributed by atoms with Gasteiger partial charge in [-0.2, -0.15) is 0 Å². The summed E-state index contributed by atoms with van der Waals surface area (Å²) in [6, 6.07) is 14.3. The Morgan fingerprint density at radius 1 is 1.13 bits per heavy atom. The molecule has 2 aromatic rings. The third-order valence-electron chi connectivity index (χ3n) is 3.52. The van der Waals surface area contributed by atoms with Crippen LogP contribution in [0.3, 0.4) is 0 Å². The summed E-state index contributed by atoms with van der Waals surface area (Å²) in [5.41, 5.74) is 2.40. The van der Waals surface area contributed by atoms with Gasteiger partial charge >= 0.3 is 0 Å². The summed E-state index contributed by atoms with van der Waals surface area (Å²) in [7, 11) is 0. The number of carbonyl (C=O) groups is 1. The van der Waals surface area contributed by atoms with Gasteiger partial charge in [0.1, 0.15) is 0 Å². The van der Waals surface area contributed by atoms with Crippen molar-refractivity contribution in [1.29, 1.82) is 0 Å². The first kappa shape index (κ1) is 17.5. The number of thioether (sulfide) groups is 1. The number of pyridine rings is 1. The second kappa shape index (κ2) is 10.0. The van der Waals surface area contributed by atoms with Crippen LogP contribution in [0.1, 0.15) is 30.9 Å². The van der Waals surface area contributed by atoms with Crippen molar-refractivity contribution < 1.29 is 4.79 Å². The third-order valence-corrected chi connectivity index (χ3v) is 4.36. The van der Waals surface area contributed by atoms with E-state index < -0.39 is 0 Å². The van der Waals surface area contributed by atoms with Gasteiger partial charge in [0.15, 0.2) is 5.12 Å². The first-order chi connectivity index (χ1) is 11.2. The van der Waals surface area contributed by atoms with E-state index in [-0.39, 0.29) is 5.12 Å². The number of aromatic nitrogens is 1. The lowest BCUT2D eigenvalue weighted by molar-refractivity contribution is -0.109. The molecule has 0 aliphatic heterocycles. The molecule has 0 aliphatic rings. The Kier molecular flexibility index (Phi) is 7.61. The molecule has 1 aromatic carbocycles. The van der Waals surface area contributed by atoms with Gasteiger partial charge in [-0.1, -0.05) is 54.2 Å². The van der Waals surface area contributed by atoms with Crippen LogP contribution in [-0.2, 0) is 4.79 Å². The lowest BCUT2D eigenvalue weighted by Gasteiger charge is -2.12. The second-order valence-corrected chi connectivity index (χ2v) is 6.65. The van der Waals surface area contributed by atoms with Crippen molar-refractivity contribution in [3.8, 4) is 0 Å². The molecule has 0 saturated heterocycles. The maximum Gasteiger partial charge on any atom is 0.185 e. The van der Waals surface area contributed by atoms with Crippen molar-refractivity contribution in [3.63, 3.8) is 0 Å². The van der Waals surface area contributed by atoms with Gasteiger partial charge in [-0.05, 0) is 48.4 Å². The van der Waals surface area contributed by atoms with Crippen LogP contribution in [0.2, 0.25) is 0 Å². The summed E-state index contributed by atoms with van der Waals surface area (Å²) >= 11 is 1.41. The van der Waals surface area contributed by atoms with Crippen molar-refractivity contribution >= 4 is 23.0 Å². The minimum atomic E-state index is 0.189. The lowest BCUT2D eigenvalue weighted by atomic mass is 9.96. The SMILES string of the molecule is CC(=O)SCCC(C=Cc1ccccc1)C[CH]c1ccncc1. The highest BCUT2D eigenvalue weighted by atomic mass is 32.2. The van der Waals surface area contributed by atoms with Gasteiger partial charge in [0.2, 0.25) is 0 Å². The van der Waals surface area contributed by atoms with Crippen LogP contribution in [0.25, 0.3) is 6.08 Å². The fraction of sp³-hybridized carbons (Fsp3) is 0.250. The average molecular weight is 324 g/mol. The van der Waals surface area contributed by atoms with Crippen molar-refractivity contribution in [2.75, 3.05) is 5.75 Å². The molecular weight excluding hydrogens is 302 g/mol. The third kappa shape index (κ3) is 7.29. The first-order valence-corrected chi connectivity index (χ1v) is 8.82. The van der Waals surface area contributed by atoms with Gasteiger partial charge in [0.25, 0.3) is 0 Å². The van der Waals surface area contributed by atoms with E-state index in [1.54, 1.807) is 6.92 Å². The van der Waals surface area contributed by atoms with Crippen LogP contribution in [0.4, 0.5) is 0 Å². The number of carbonyl (C=O) groups excluding carboxylic acids is 1. The maximum atomic E-state index is 11.1. The molecular formula is C20H22NOS. The molecule has 0 fully saturated rings. The zero-order chi connectivity index (χ0) is 16.3. The Bertz CT molecular complexity index is 610. The number of hydrogen-bond acceptors (Lipinski definition) is 3. The predicted octanol–water partition coefficient (Wildman–Crippen LogP) is 5.02. The fourth-order valence-corrected chi connectivity index (χ4v) is 2.95. The number of hydrogen-bond donors (Lipinski definition) is 0. The van der Waals surface area contributed by atoms with E-state index in [9.17, 15) is 4.79 Å². The monoisotopic (exact) mass is 324 g/mol. The normalized spacial score (nSPS) is 12.4. The highest BCUT2D eigenvalue weighted by Gasteiger charge is 2.07. The summed E-state index contributed by atoms with van der Waals surface area (Å²) in [5.74, 6) is 1.29. The molecule has 23 heavy (non-hydrogen) atoms. The van der Waals surface area contributed by atoms with Gasteiger partial charge in [-0.3, -0.25) is 9.78 Å². The lowest BCUT2D eigenvalue weighted by Crippen LogP contribution is -2.01. The zero-order valence-electron chi connectivity index (χ0n) is 13.4. The molecule has 0 spiro atoms. The Morgan fingerprint density at radius 2 is 1.87 bits per heavy atom. The smallest absolute Gasteiger partial charge is 0.185 e. The van der Waals surface area contributed by atoms with Gasteiger partial charge in [-0.15, -0.1) is 0 Å². The zero-order valence-corrected chi connectivity index (χ0v) is 14.2. The molecule has 3 heteroatoms. The molecule has 0 saturated carbocycles. The number of rotatable bonds is 8. The van der Waals surface area contributed by atoms with E-state index in [1.165, 1.54) is 22.9 Å². The quantitative estimate of drug-likeness (QED) is 0.682. The van der Waals surface area contributed by atoms with Crippen molar-refractivity contribution in [2.24, 2.45) is 5.92 Å². The minimum Gasteiger partial charge on any atom is -0.288 e. The summed E-state index contributed by atoms with van der Waals surface area (Å²) in [5, 5.41) is 0.189. The van der Waals surface area contributed by atoms with Crippen LogP contribution in [0.5, 0.6) is 0 Å². The van der Waals surface area contributed by atoms with Crippen LogP contribution in [0, 0.1) is 12.3 Å². The second-order valence-electron chi connectivity index (χ2n) is 5.38. The molecule has 2 rings (SSSR count). The van der Waals surface area contributed by atoms with Gasteiger partial charge in [0, 0.05) is 25.1 Å². The highest BCUT2D eigenvalue weighted by Crippen LogP contribution is 2.20. The Labute approximate surface area is 143 Å². The van der Waals surface area contributed by atoms with Gasteiger partial charge < -0.3 is 0 Å². The van der Waals surface area contributed by atoms with E-state index in [0.717, 1.165) is 18.6 Å². The molecule has 0 N–H and O–H groups in total. The van der Waals surface area contributed by atoms with Crippen LogP contribution in [0.15, 0.2) is 60.9 Å². The number of benzene rings is 1. The summed E-state index contributed by atoms with van der Waals surface area (Å²) < 4.78 is 0. The molecule has 2 nitrogen and oxygen atoms in total. The van der Waals surface area contributed by atoms with Crippen LogP contribution >= 0.6 is 11.8 Å². The largest absolute Gasteiger partial charge is 0.288 e. The molecule has 119 valence electrons. The number of nitrogens with zero attached hydrogens (tertiary/aromatic N) is 1. The van der Waals surface area contributed by atoms with Gasteiger partial charge in [0.05, 0.1) is 0 Å². The molecule has 0 bridgehead atoms. The molecule has 1 aromatic heterocycles. The molecule has 1 heterocycles. The molecule has 0 amide bonds. The maximum absolute atomic E-state index is 11.1. The summed E-state index contributed by atoms with van der Waals surface area (Å²) in [6.07, 6.45) is 12.2. The minimum absolute atomic E-state index is 0.189. The van der Waals surface area contributed by atoms with E-state index in [0.29, 0.717) is 5.92 Å². The average Bonchev–Trinajstić information content (AvgIpc) is 2.58. The Morgan fingerprint density at radius 3 is 2.57 bits per heavy atom. The molecule has 0 aliphatic carbocycles. The van der Waals surface area contributed by atoms with Crippen LogP contribution < -0.4 is 0 Å². The van der Waals surface area contributed by atoms with Crippen molar-refractivity contribution in [2.45, 2.75) is 19.8 Å². The van der Waals surface area contributed by atoms with E-state index in [2.05, 4.69) is 35.7 Å². The molecule has 1 atom stereocenters. The molecule has 1 radical (unpaired) electrons. The fourth-order valence-electron chi connectivity index (χ4n) is 2.25. The standard InChI is InChI=1S/C20H22NOS/c1-17(22)23-16-13-19(8-7-18-5-3-2-4-6-18)9-10-20-11-14-21-15-12-20/h2-8,10-12,14-15,19H,9,13,16H2,1H3. The van der Waals surface area contributed by atoms with E-state index in [4.69, 9.17) is 0 Å². The highest BCUT2D eigenvalue weighted by molar-refractivity contribution is 8.13. The van der Waals surface area contributed by atoms with Gasteiger partial charge in [-0.25, -0.2) is 0 Å². The van der Waals surface area contributed by atoms with E-state index in [1.807, 2.05) is 42.7 Å². The summed E-state index contributed by atoms with van der Waals surface area (Å²) in [6.45, 7) is 1.63. The topological polar surface area (TPSA) is 30.0 Å². The Balaban J connectivity index is 1.93. The summed E-state index contributed by atoms with van der Waals surface area (Å²) in [4.78, 5) is 15.2. The van der Waals surface area contributed by atoms with Crippen LogP contribution in [-0.4, -0.2) is 15.9 Å².